The molecular weight excluding hydrogens is 438 g/mol. The second kappa shape index (κ2) is 9.38. The van der Waals surface area contributed by atoms with Crippen LogP contribution in [0.2, 0.25) is 5.02 Å². The van der Waals surface area contributed by atoms with Crippen molar-refractivity contribution in [1.29, 1.82) is 0 Å². The highest BCUT2D eigenvalue weighted by Crippen LogP contribution is 2.28. The number of halogens is 1. The molecule has 0 bridgehead atoms. The number of carbonyl (C=O) groups is 2. The first-order chi connectivity index (χ1) is 14.6. The number of benzene rings is 2. The number of aryl methyl sites for hydroxylation is 3. The van der Waals surface area contributed by atoms with E-state index in [1.54, 1.807) is 38.1 Å². The Hall–Kier alpha value is -2.42. The number of carbonyl (C=O) groups excluding carboxylic acids is 2. The number of hydrogen-bond donors (Lipinski definition) is 2. The molecule has 1 aliphatic heterocycles. The maximum atomic E-state index is 13.2. The van der Waals surface area contributed by atoms with Gasteiger partial charge in [-0.25, -0.2) is 8.42 Å². The van der Waals surface area contributed by atoms with E-state index in [0.717, 1.165) is 16.7 Å². The third-order valence-corrected chi connectivity index (χ3v) is 7.89. The van der Waals surface area contributed by atoms with Crippen LogP contribution in [0, 0.1) is 26.7 Å². The summed E-state index contributed by atoms with van der Waals surface area (Å²) in [5, 5.41) is 0.512. The molecule has 0 atom stereocenters. The molecule has 2 aromatic carbocycles. The van der Waals surface area contributed by atoms with E-state index < -0.39 is 15.9 Å². The molecule has 0 aromatic heterocycles. The monoisotopic (exact) mass is 463 g/mol. The van der Waals surface area contributed by atoms with Gasteiger partial charge in [-0.3, -0.25) is 20.4 Å². The fourth-order valence-corrected chi connectivity index (χ4v) is 5.96. The van der Waals surface area contributed by atoms with Gasteiger partial charge < -0.3 is 0 Å². The van der Waals surface area contributed by atoms with Gasteiger partial charge in [0.05, 0.1) is 4.90 Å². The third kappa shape index (κ3) is 5.26. The van der Waals surface area contributed by atoms with E-state index in [1.165, 1.54) is 4.31 Å². The number of amides is 2. The lowest BCUT2D eigenvalue weighted by Gasteiger charge is -2.31. The molecule has 0 radical (unpaired) electrons. The molecule has 0 spiro atoms. The van der Waals surface area contributed by atoms with Crippen LogP contribution in [0.3, 0.4) is 0 Å². The Morgan fingerprint density at radius 1 is 0.968 bits per heavy atom. The van der Waals surface area contributed by atoms with Crippen molar-refractivity contribution in [3.05, 3.63) is 63.7 Å². The van der Waals surface area contributed by atoms with Gasteiger partial charge in [-0.15, -0.1) is 0 Å². The molecular formula is C22H26ClN3O4S. The Balaban J connectivity index is 1.58. The summed E-state index contributed by atoms with van der Waals surface area (Å²) in [4.78, 5) is 24.9. The summed E-state index contributed by atoms with van der Waals surface area (Å²) in [5.41, 5.74) is 7.66. The fraction of sp³-hybridized carbons (Fsp3) is 0.364. The molecule has 2 aromatic rings. The van der Waals surface area contributed by atoms with Crippen molar-refractivity contribution in [2.24, 2.45) is 5.92 Å². The van der Waals surface area contributed by atoms with Gasteiger partial charge in [0.15, 0.2) is 0 Å². The molecule has 7 nitrogen and oxygen atoms in total. The van der Waals surface area contributed by atoms with E-state index in [4.69, 9.17) is 11.6 Å². The topological polar surface area (TPSA) is 95.6 Å². The van der Waals surface area contributed by atoms with Gasteiger partial charge in [-0.05, 0) is 69.0 Å². The van der Waals surface area contributed by atoms with E-state index in [2.05, 4.69) is 10.9 Å². The summed E-state index contributed by atoms with van der Waals surface area (Å²) in [6, 6.07) is 10.0. The first-order valence-electron chi connectivity index (χ1n) is 10.0. The van der Waals surface area contributed by atoms with Crippen molar-refractivity contribution in [2.45, 2.75) is 38.5 Å². The van der Waals surface area contributed by atoms with Gasteiger partial charge in [-0.2, -0.15) is 4.31 Å². The molecule has 1 saturated heterocycles. The minimum Gasteiger partial charge on any atom is -0.273 e. The Morgan fingerprint density at radius 3 is 2.06 bits per heavy atom. The predicted molar refractivity (Wildman–Crippen MR) is 119 cm³/mol. The van der Waals surface area contributed by atoms with Crippen molar-refractivity contribution in [3.63, 3.8) is 0 Å². The largest absolute Gasteiger partial charge is 0.273 e. The van der Waals surface area contributed by atoms with Crippen LogP contribution in [0.25, 0.3) is 0 Å². The SMILES string of the molecule is Cc1cc(C)c(S(=O)(=O)N2CCC(C(=O)NNC(=O)c3ccc(Cl)cc3)CC2)c(C)c1. The Morgan fingerprint density at radius 2 is 1.52 bits per heavy atom. The van der Waals surface area contributed by atoms with Crippen LogP contribution < -0.4 is 10.9 Å². The summed E-state index contributed by atoms with van der Waals surface area (Å²) in [7, 11) is -3.63. The number of nitrogens with zero attached hydrogens (tertiary/aromatic N) is 1. The van der Waals surface area contributed by atoms with Crippen LogP contribution >= 0.6 is 11.6 Å². The minimum absolute atomic E-state index is 0.248. The van der Waals surface area contributed by atoms with E-state index in [9.17, 15) is 18.0 Å². The van der Waals surface area contributed by atoms with Crippen molar-refractivity contribution in [2.75, 3.05) is 13.1 Å². The fourth-order valence-electron chi connectivity index (χ4n) is 3.95. The zero-order chi connectivity index (χ0) is 22.8. The Bertz CT molecular complexity index is 1070. The van der Waals surface area contributed by atoms with Crippen molar-refractivity contribution < 1.29 is 18.0 Å². The average Bonchev–Trinajstić information content (AvgIpc) is 2.71. The highest BCUT2D eigenvalue weighted by atomic mass is 35.5. The standard InChI is InChI=1S/C22H26ClN3O4S/c1-14-12-15(2)20(16(3)13-14)31(29,30)26-10-8-18(9-11-26)22(28)25-24-21(27)17-4-6-19(23)7-5-17/h4-7,12-13,18H,8-11H2,1-3H3,(H,24,27)(H,25,28). The second-order valence-corrected chi connectivity index (χ2v) is 10.2. The van der Waals surface area contributed by atoms with Crippen LogP contribution in [-0.4, -0.2) is 37.6 Å². The van der Waals surface area contributed by atoms with E-state index >= 15 is 0 Å². The molecule has 3 rings (SSSR count). The van der Waals surface area contributed by atoms with Gasteiger partial charge >= 0.3 is 0 Å². The molecule has 2 N–H and O–H groups in total. The van der Waals surface area contributed by atoms with Crippen LogP contribution in [0.4, 0.5) is 0 Å². The molecule has 0 saturated carbocycles. The summed E-state index contributed by atoms with van der Waals surface area (Å²) < 4.78 is 27.8. The first kappa shape index (κ1) is 23.2. The number of piperidine rings is 1. The zero-order valence-corrected chi connectivity index (χ0v) is 19.3. The quantitative estimate of drug-likeness (QED) is 0.681. The number of nitrogens with one attached hydrogen (secondary N) is 2. The number of hydrazine groups is 1. The summed E-state index contributed by atoms with van der Waals surface area (Å²) in [5.74, 6) is -1.16. The molecule has 1 heterocycles. The minimum atomic E-state index is -3.63. The highest BCUT2D eigenvalue weighted by molar-refractivity contribution is 7.89. The third-order valence-electron chi connectivity index (χ3n) is 5.43. The zero-order valence-electron chi connectivity index (χ0n) is 17.7. The van der Waals surface area contributed by atoms with E-state index in [0.29, 0.717) is 28.3 Å². The van der Waals surface area contributed by atoms with Crippen molar-refractivity contribution in [1.82, 2.24) is 15.2 Å². The lowest BCUT2D eigenvalue weighted by Crippen LogP contribution is -2.48. The molecule has 1 aliphatic rings. The van der Waals surface area contributed by atoms with Crippen LogP contribution in [0.15, 0.2) is 41.3 Å². The second-order valence-electron chi connectivity index (χ2n) is 7.86. The van der Waals surface area contributed by atoms with Gasteiger partial charge in [0.2, 0.25) is 15.9 Å². The summed E-state index contributed by atoms with van der Waals surface area (Å²) in [6.45, 7) is 6.04. The first-order valence-corrected chi connectivity index (χ1v) is 11.8. The number of rotatable bonds is 4. The van der Waals surface area contributed by atoms with Gasteiger partial charge in [-0.1, -0.05) is 29.3 Å². The summed E-state index contributed by atoms with van der Waals surface area (Å²) >= 11 is 5.80. The van der Waals surface area contributed by atoms with Crippen LogP contribution in [0.1, 0.15) is 39.9 Å². The van der Waals surface area contributed by atoms with E-state index in [-0.39, 0.29) is 24.9 Å². The highest BCUT2D eigenvalue weighted by Gasteiger charge is 2.33. The maximum Gasteiger partial charge on any atom is 0.269 e. The summed E-state index contributed by atoms with van der Waals surface area (Å²) in [6.07, 6.45) is 0.762. The Kier molecular flexibility index (Phi) is 7.03. The van der Waals surface area contributed by atoms with Gasteiger partial charge in [0.1, 0.15) is 0 Å². The molecule has 31 heavy (non-hydrogen) atoms. The maximum absolute atomic E-state index is 13.2. The molecule has 2 amide bonds. The van der Waals surface area contributed by atoms with Crippen molar-refractivity contribution >= 4 is 33.4 Å². The smallest absolute Gasteiger partial charge is 0.269 e. The van der Waals surface area contributed by atoms with Gasteiger partial charge in [0, 0.05) is 29.6 Å². The lowest BCUT2D eigenvalue weighted by atomic mass is 9.98. The molecule has 9 heteroatoms. The predicted octanol–water partition coefficient (Wildman–Crippen LogP) is 3.13. The average molecular weight is 464 g/mol. The van der Waals surface area contributed by atoms with Crippen LogP contribution in [0.5, 0.6) is 0 Å². The van der Waals surface area contributed by atoms with Crippen molar-refractivity contribution in [3.8, 4) is 0 Å². The lowest BCUT2D eigenvalue weighted by molar-refractivity contribution is -0.126. The Labute approximate surface area is 187 Å². The normalized spacial score (nSPS) is 15.5. The molecule has 1 fully saturated rings. The molecule has 166 valence electrons. The molecule has 0 unspecified atom stereocenters. The number of sulfonamides is 1. The van der Waals surface area contributed by atoms with Gasteiger partial charge in [0.25, 0.3) is 5.91 Å². The van der Waals surface area contributed by atoms with Crippen LogP contribution in [-0.2, 0) is 14.8 Å². The number of hydrogen-bond acceptors (Lipinski definition) is 4. The molecule has 0 aliphatic carbocycles. The van der Waals surface area contributed by atoms with E-state index in [1.807, 2.05) is 19.1 Å².